The number of hydrogen-bond donors (Lipinski definition) is 5. The molecule has 0 aliphatic heterocycles. The van der Waals surface area contributed by atoms with Crippen molar-refractivity contribution in [2.24, 2.45) is 5.73 Å². The number of carboxylic acid groups (broad SMARTS) is 1. The lowest BCUT2D eigenvalue weighted by atomic mass is 10.0. The summed E-state index contributed by atoms with van der Waals surface area (Å²) in [6.45, 7) is -0.00879. The number of nitrogens with two attached hydrogens (primary N) is 1. The Bertz CT molecular complexity index is 873. The molecule has 2 aromatic rings. The second-order valence-corrected chi connectivity index (χ2v) is 6.33. The Kier molecular flexibility index (Phi) is 7.27. The summed E-state index contributed by atoms with van der Waals surface area (Å²) in [4.78, 5) is 23.0. The van der Waals surface area contributed by atoms with Gasteiger partial charge in [0, 0.05) is 36.1 Å². The van der Waals surface area contributed by atoms with E-state index in [-0.39, 0.29) is 71.5 Å². The van der Waals surface area contributed by atoms with Crippen molar-refractivity contribution in [2.75, 3.05) is 13.7 Å². The molecule has 6 N–H and O–H groups in total. The molecule has 1 atom stereocenters. The minimum Gasteiger partial charge on any atom is -0.507 e. The van der Waals surface area contributed by atoms with E-state index in [1.165, 1.54) is 37.4 Å². The molecule has 29 heavy (non-hydrogen) atoms. The maximum Gasteiger partial charge on any atom is 0.320 e. The lowest BCUT2D eigenvalue weighted by Crippen LogP contribution is -2.31. The summed E-state index contributed by atoms with van der Waals surface area (Å²) in [6.07, 6.45) is 0.107. The largest absolute Gasteiger partial charge is 0.507 e. The minimum absolute atomic E-state index is 0.00879. The first-order valence-electron chi connectivity index (χ1n) is 8.79. The number of carboxylic acids is 1. The van der Waals surface area contributed by atoms with Crippen LogP contribution in [0.2, 0.25) is 0 Å². The zero-order valence-corrected chi connectivity index (χ0v) is 15.8. The molecule has 1 unspecified atom stereocenters. The number of aliphatic carboxylic acids is 1. The molecule has 0 aliphatic carbocycles. The van der Waals surface area contributed by atoms with Crippen molar-refractivity contribution in [3.05, 3.63) is 41.5 Å². The van der Waals surface area contributed by atoms with Crippen LogP contribution in [0.4, 0.5) is 0 Å². The normalized spacial score (nSPS) is 11.7. The Hall–Kier alpha value is -3.46. The lowest BCUT2D eigenvalue weighted by Gasteiger charge is -2.12. The molecule has 2 aromatic carbocycles. The fourth-order valence-corrected chi connectivity index (χ4v) is 2.63. The second-order valence-electron chi connectivity index (χ2n) is 6.33. The zero-order valence-electron chi connectivity index (χ0n) is 15.8. The number of phenolic OH excluding ortho intramolecular Hbond substituents is 3. The molecule has 0 fully saturated rings. The molecule has 0 aliphatic rings. The van der Waals surface area contributed by atoms with Gasteiger partial charge in [-0.1, -0.05) is 0 Å². The number of methoxy groups -OCH3 is 1. The average Bonchev–Trinajstić information content (AvgIpc) is 2.66. The molecular weight excluding hydrogens is 382 g/mol. The fourth-order valence-electron chi connectivity index (χ4n) is 2.63. The number of carbonyl (C=O) groups is 2. The molecule has 0 aromatic heterocycles. The van der Waals surface area contributed by atoms with E-state index in [4.69, 9.17) is 20.3 Å². The standard InChI is InChI=1S/C20H23NO8/c1-28-19-5-2-11(8-18(19)25)15(22)4-3-13-16(23)9-12(10-17(13)24)29-7-6-14(21)20(26)27/h2,5,8-10,14,23-25H,3-4,6-7,21H2,1H3,(H,26,27). The molecule has 9 nitrogen and oxygen atoms in total. The number of ketones is 1. The molecule has 0 saturated carbocycles. The van der Waals surface area contributed by atoms with Crippen molar-refractivity contribution in [1.82, 2.24) is 0 Å². The van der Waals surface area contributed by atoms with E-state index < -0.39 is 12.0 Å². The molecule has 0 radical (unpaired) electrons. The van der Waals surface area contributed by atoms with Crippen LogP contribution in [0.5, 0.6) is 28.7 Å². The van der Waals surface area contributed by atoms with Crippen molar-refractivity contribution in [1.29, 1.82) is 0 Å². The number of aromatic hydroxyl groups is 3. The van der Waals surface area contributed by atoms with Gasteiger partial charge in [-0.2, -0.15) is 0 Å². The first-order valence-corrected chi connectivity index (χ1v) is 8.79. The Balaban J connectivity index is 1.99. The molecule has 0 spiro atoms. The van der Waals surface area contributed by atoms with Gasteiger partial charge >= 0.3 is 5.97 Å². The van der Waals surface area contributed by atoms with Gasteiger partial charge < -0.3 is 35.6 Å². The molecule has 0 heterocycles. The first kappa shape index (κ1) is 21.8. The Morgan fingerprint density at radius 3 is 2.28 bits per heavy atom. The van der Waals surface area contributed by atoms with Crippen LogP contribution >= 0.6 is 0 Å². The Labute approximate surface area is 166 Å². The summed E-state index contributed by atoms with van der Waals surface area (Å²) in [5.41, 5.74) is 5.82. The molecule has 0 saturated heterocycles. The van der Waals surface area contributed by atoms with E-state index in [0.29, 0.717) is 0 Å². The predicted molar refractivity (Wildman–Crippen MR) is 103 cm³/mol. The fraction of sp³-hybridized carbons (Fsp3) is 0.300. The van der Waals surface area contributed by atoms with Gasteiger partial charge in [-0.25, -0.2) is 0 Å². The summed E-state index contributed by atoms with van der Waals surface area (Å²) in [5.74, 6) is -1.72. The van der Waals surface area contributed by atoms with Crippen LogP contribution in [0.1, 0.15) is 28.8 Å². The van der Waals surface area contributed by atoms with Gasteiger partial charge in [-0.3, -0.25) is 9.59 Å². The highest BCUT2D eigenvalue weighted by Crippen LogP contribution is 2.34. The lowest BCUT2D eigenvalue weighted by molar-refractivity contribution is -0.138. The first-order chi connectivity index (χ1) is 13.7. The second kappa shape index (κ2) is 9.65. The van der Waals surface area contributed by atoms with Crippen LogP contribution in [-0.2, 0) is 11.2 Å². The molecule has 9 heteroatoms. The summed E-state index contributed by atoms with van der Waals surface area (Å²) < 4.78 is 10.2. The van der Waals surface area contributed by atoms with Crippen molar-refractivity contribution in [3.8, 4) is 28.7 Å². The molecule has 0 bridgehead atoms. The van der Waals surface area contributed by atoms with Crippen LogP contribution in [0.25, 0.3) is 0 Å². The molecular formula is C20H23NO8. The SMILES string of the molecule is COc1ccc(C(=O)CCc2c(O)cc(OCCC(N)C(=O)O)cc2O)cc1O. The van der Waals surface area contributed by atoms with Gasteiger partial charge in [-0.05, 0) is 24.6 Å². The monoisotopic (exact) mass is 405 g/mol. The van der Waals surface area contributed by atoms with Gasteiger partial charge in [0.1, 0.15) is 23.3 Å². The maximum atomic E-state index is 12.3. The van der Waals surface area contributed by atoms with Gasteiger partial charge in [0.05, 0.1) is 13.7 Å². The summed E-state index contributed by atoms with van der Waals surface area (Å²) in [6, 6.07) is 5.74. The number of benzene rings is 2. The predicted octanol–water partition coefficient (Wildman–Crippen LogP) is 1.81. The van der Waals surface area contributed by atoms with E-state index in [0.717, 1.165) is 0 Å². The summed E-state index contributed by atoms with van der Waals surface area (Å²) in [5, 5.41) is 38.8. The highest BCUT2D eigenvalue weighted by atomic mass is 16.5. The number of rotatable bonds is 10. The Morgan fingerprint density at radius 2 is 1.72 bits per heavy atom. The van der Waals surface area contributed by atoms with E-state index in [1.807, 2.05) is 0 Å². The topological polar surface area (TPSA) is 160 Å². The van der Waals surface area contributed by atoms with Crippen molar-refractivity contribution >= 4 is 11.8 Å². The van der Waals surface area contributed by atoms with Crippen LogP contribution in [0.15, 0.2) is 30.3 Å². The maximum absolute atomic E-state index is 12.3. The van der Waals surface area contributed by atoms with E-state index >= 15 is 0 Å². The number of phenols is 3. The zero-order chi connectivity index (χ0) is 21.6. The molecule has 0 amide bonds. The Morgan fingerprint density at radius 1 is 1.07 bits per heavy atom. The number of carbonyl (C=O) groups excluding carboxylic acids is 1. The highest BCUT2D eigenvalue weighted by Gasteiger charge is 2.16. The van der Waals surface area contributed by atoms with E-state index in [1.54, 1.807) is 0 Å². The van der Waals surface area contributed by atoms with Crippen molar-refractivity contribution in [3.63, 3.8) is 0 Å². The van der Waals surface area contributed by atoms with Crippen LogP contribution in [0.3, 0.4) is 0 Å². The van der Waals surface area contributed by atoms with Crippen LogP contribution in [0, 0.1) is 0 Å². The third-order valence-corrected chi connectivity index (χ3v) is 4.29. The molecule has 156 valence electrons. The smallest absolute Gasteiger partial charge is 0.320 e. The number of hydrogen-bond acceptors (Lipinski definition) is 8. The van der Waals surface area contributed by atoms with E-state index in [2.05, 4.69) is 0 Å². The van der Waals surface area contributed by atoms with Gasteiger partial charge in [0.2, 0.25) is 0 Å². The average molecular weight is 405 g/mol. The summed E-state index contributed by atoms with van der Waals surface area (Å²) >= 11 is 0. The molecule has 2 rings (SSSR count). The number of Topliss-reactive ketones (excluding diaryl/α,β-unsaturated/α-hetero) is 1. The van der Waals surface area contributed by atoms with Crippen LogP contribution < -0.4 is 15.2 Å². The van der Waals surface area contributed by atoms with Gasteiger partial charge in [0.25, 0.3) is 0 Å². The van der Waals surface area contributed by atoms with Gasteiger partial charge in [0.15, 0.2) is 17.3 Å². The number of ether oxygens (including phenoxy) is 2. The van der Waals surface area contributed by atoms with Crippen molar-refractivity contribution < 1.29 is 39.5 Å². The van der Waals surface area contributed by atoms with E-state index in [9.17, 15) is 24.9 Å². The minimum atomic E-state index is -1.15. The highest BCUT2D eigenvalue weighted by molar-refractivity contribution is 5.96. The van der Waals surface area contributed by atoms with Crippen molar-refractivity contribution in [2.45, 2.75) is 25.3 Å². The van der Waals surface area contributed by atoms with Gasteiger partial charge in [-0.15, -0.1) is 0 Å². The third-order valence-electron chi connectivity index (χ3n) is 4.29. The summed E-state index contributed by atoms with van der Waals surface area (Å²) in [7, 11) is 1.40. The van der Waals surface area contributed by atoms with Crippen LogP contribution in [-0.4, -0.2) is 51.9 Å². The quantitative estimate of drug-likeness (QED) is 0.371. The third kappa shape index (κ3) is 5.76.